The number of hydrogen-bond acceptors (Lipinski definition) is 5. The van der Waals surface area contributed by atoms with Crippen molar-refractivity contribution in [2.75, 3.05) is 53.2 Å². The van der Waals surface area contributed by atoms with Crippen LogP contribution in [0.1, 0.15) is 0 Å². The lowest BCUT2D eigenvalue weighted by molar-refractivity contribution is -0.125. The van der Waals surface area contributed by atoms with E-state index >= 15 is 0 Å². The molecule has 0 spiro atoms. The monoisotopic (exact) mass is 232 g/mol. The van der Waals surface area contributed by atoms with Crippen LogP contribution in [0.4, 0.5) is 0 Å². The van der Waals surface area contributed by atoms with E-state index in [-0.39, 0.29) is 18.6 Å². The van der Waals surface area contributed by atoms with E-state index in [1.165, 1.54) is 0 Å². The van der Waals surface area contributed by atoms with Crippen LogP contribution in [-0.2, 0) is 14.3 Å². The van der Waals surface area contributed by atoms with Crippen LogP contribution in [0.3, 0.4) is 0 Å². The number of methoxy groups -OCH3 is 1. The van der Waals surface area contributed by atoms with Gasteiger partial charge in [-0.1, -0.05) is 0 Å². The van der Waals surface area contributed by atoms with Crippen molar-refractivity contribution in [2.45, 2.75) is 6.04 Å². The summed E-state index contributed by atoms with van der Waals surface area (Å²) in [7, 11) is 1.59. The molecule has 0 aliphatic carbocycles. The summed E-state index contributed by atoms with van der Waals surface area (Å²) in [6.45, 7) is 3.14. The molecule has 0 saturated carbocycles. The largest absolute Gasteiger partial charge is 0.395 e. The van der Waals surface area contributed by atoms with Gasteiger partial charge in [0.05, 0.1) is 39.0 Å². The molecule has 0 aromatic heterocycles. The molecular formula is C10H20N2O4. The Morgan fingerprint density at radius 1 is 1.69 bits per heavy atom. The first-order valence-electron chi connectivity index (χ1n) is 5.46. The first kappa shape index (κ1) is 13.4. The topological polar surface area (TPSA) is 71.0 Å². The molecule has 1 amide bonds. The second kappa shape index (κ2) is 7.56. The molecule has 0 bridgehead atoms. The number of amides is 1. The van der Waals surface area contributed by atoms with Crippen LogP contribution in [0.5, 0.6) is 0 Å². The number of rotatable bonds is 6. The Hall–Kier alpha value is -0.690. The van der Waals surface area contributed by atoms with E-state index in [0.717, 1.165) is 0 Å². The molecule has 94 valence electrons. The molecule has 1 unspecified atom stereocenters. The molecule has 6 nitrogen and oxygen atoms in total. The predicted molar refractivity (Wildman–Crippen MR) is 58.2 cm³/mol. The number of carbonyl (C=O) groups is 1. The van der Waals surface area contributed by atoms with E-state index in [1.807, 2.05) is 4.90 Å². The second-order valence-electron chi connectivity index (χ2n) is 3.72. The van der Waals surface area contributed by atoms with Crippen molar-refractivity contribution in [1.29, 1.82) is 0 Å². The maximum absolute atomic E-state index is 11.5. The Bertz CT molecular complexity index is 213. The molecule has 0 radical (unpaired) electrons. The molecule has 1 heterocycles. The molecule has 1 fully saturated rings. The van der Waals surface area contributed by atoms with Gasteiger partial charge >= 0.3 is 0 Å². The smallest absolute Gasteiger partial charge is 0.234 e. The van der Waals surface area contributed by atoms with Gasteiger partial charge in [0, 0.05) is 20.2 Å². The lowest BCUT2D eigenvalue weighted by atomic mass is 10.2. The molecule has 0 aromatic rings. The van der Waals surface area contributed by atoms with Crippen molar-refractivity contribution in [3.63, 3.8) is 0 Å². The third-order valence-corrected chi connectivity index (χ3v) is 2.54. The van der Waals surface area contributed by atoms with E-state index in [1.54, 1.807) is 7.11 Å². The summed E-state index contributed by atoms with van der Waals surface area (Å²) >= 11 is 0. The highest BCUT2D eigenvalue weighted by Gasteiger charge is 2.23. The number of morpholine rings is 1. The van der Waals surface area contributed by atoms with Gasteiger partial charge < -0.3 is 19.9 Å². The standard InChI is InChI=1S/C10H20N2O4/c1-15-4-2-11-10(14)6-12-3-5-16-8-9(12)7-13/h9,13H,2-8H2,1H3,(H,11,14). The minimum atomic E-state index is -0.0677. The second-order valence-corrected chi connectivity index (χ2v) is 3.72. The number of aliphatic hydroxyl groups excluding tert-OH is 1. The molecule has 1 saturated heterocycles. The van der Waals surface area contributed by atoms with Crippen LogP contribution in [0, 0.1) is 0 Å². The zero-order valence-corrected chi connectivity index (χ0v) is 9.65. The van der Waals surface area contributed by atoms with Gasteiger partial charge in [-0.05, 0) is 0 Å². The van der Waals surface area contributed by atoms with Gasteiger partial charge in [-0.2, -0.15) is 0 Å². The highest BCUT2D eigenvalue weighted by atomic mass is 16.5. The van der Waals surface area contributed by atoms with Gasteiger partial charge in [0.15, 0.2) is 0 Å². The fourth-order valence-corrected chi connectivity index (χ4v) is 1.60. The van der Waals surface area contributed by atoms with Gasteiger partial charge in [-0.3, -0.25) is 9.69 Å². The molecule has 1 atom stereocenters. The van der Waals surface area contributed by atoms with E-state index < -0.39 is 0 Å². The Labute approximate surface area is 95.5 Å². The average Bonchev–Trinajstić information content (AvgIpc) is 2.30. The quantitative estimate of drug-likeness (QED) is 0.542. The van der Waals surface area contributed by atoms with Crippen molar-refractivity contribution in [2.24, 2.45) is 0 Å². The Morgan fingerprint density at radius 2 is 2.50 bits per heavy atom. The van der Waals surface area contributed by atoms with Crippen LogP contribution in [0.2, 0.25) is 0 Å². The fraction of sp³-hybridized carbons (Fsp3) is 0.900. The van der Waals surface area contributed by atoms with Gasteiger partial charge in [0.25, 0.3) is 0 Å². The number of hydrogen-bond donors (Lipinski definition) is 2. The molecule has 1 rings (SSSR count). The molecule has 16 heavy (non-hydrogen) atoms. The summed E-state index contributed by atoms with van der Waals surface area (Å²) in [5, 5.41) is 11.9. The van der Waals surface area contributed by atoms with Gasteiger partial charge in [-0.15, -0.1) is 0 Å². The lowest BCUT2D eigenvalue weighted by Crippen LogP contribution is -2.51. The summed E-state index contributed by atoms with van der Waals surface area (Å²) < 4.78 is 10.1. The van der Waals surface area contributed by atoms with Crippen LogP contribution in [0.25, 0.3) is 0 Å². The SMILES string of the molecule is COCCNC(=O)CN1CCOCC1CO. The number of nitrogens with zero attached hydrogens (tertiary/aromatic N) is 1. The predicted octanol–water partition coefficient (Wildman–Crippen LogP) is -1.56. The van der Waals surface area contributed by atoms with Crippen molar-refractivity contribution >= 4 is 5.91 Å². The van der Waals surface area contributed by atoms with Crippen molar-refractivity contribution in [3.05, 3.63) is 0 Å². The normalized spacial score (nSPS) is 22.0. The zero-order valence-electron chi connectivity index (χ0n) is 9.65. The van der Waals surface area contributed by atoms with E-state index in [4.69, 9.17) is 14.6 Å². The van der Waals surface area contributed by atoms with Crippen molar-refractivity contribution in [3.8, 4) is 0 Å². The van der Waals surface area contributed by atoms with Gasteiger partial charge in [-0.25, -0.2) is 0 Å². The van der Waals surface area contributed by atoms with E-state index in [0.29, 0.717) is 39.5 Å². The summed E-state index contributed by atoms with van der Waals surface area (Å²) in [5.41, 5.74) is 0. The fourth-order valence-electron chi connectivity index (χ4n) is 1.60. The first-order valence-corrected chi connectivity index (χ1v) is 5.46. The van der Waals surface area contributed by atoms with Crippen molar-refractivity contribution in [1.82, 2.24) is 10.2 Å². The highest BCUT2D eigenvalue weighted by Crippen LogP contribution is 2.05. The minimum absolute atomic E-state index is 0.0192. The summed E-state index contributed by atoms with van der Waals surface area (Å²) in [6.07, 6.45) is 0. The summed E-state index contributed by atoms with van der Waals surface area (Å²) in [5.74, 6) is -0.0441. The molecule has 6 heteroatoms. The van der Waals surface area contributed by atoms with E-state index in [9.17, 15) is 4.79 Å². The molecular weight excluding hydrogens is 212 g/mol. The van der Waals surface area contributed by atoms with Gasteiger partial charge in [0.1, 0.15) is 0 Å². The summed E-state index contributed by atoms with van der Waals surface area (Å²) in [6, 6.07) is -0.0677. The highest BCUT2D eigenvalue weighted by molar-refractivity contribution is 5.78. The van der Waals surface area contributed by atoms with Gasteiger partial charge in [0.2, 0.25) is 5.91 Å². The third kappa shape index (κ3) is 4.44. The van der Waals surface area contributed by atoms with Crippen LogP contribution >= 0.6 is 0 Å². The Balaban J connectivity index is 2.25. The molecule has 0 aromatic carbocycles. The Kier molecular flexibility index (Phi) is 6.32. The Morgan fingerprint density at radius 3 is 3.19 bits per heavy atom. The maximum atomic E-state index is 11.5. The minimum Gasteiger partial charge on any atom is -0.395 e. The van der Waals surface area contributed by atoms with E-state index in [2.05, 4.69) is 5.32 Å². The lowest BCUT2D eigenvalue weighted by Gasteiger charge is -2.33. The molecule has 2 N–H and O–H groups in total. The molecule has 1 aliphatic rings. The molecule has 1 aliphatic heterocycles. The number of nitrogens with one attached hydrogen (secondary N) is 1. The third-order valence-electron chi connectivity index (χ3n) is 2.54. The van der Waals surface area contributed by atoms with Crippen molar-refractivity contribution < 1.29 is 19.4 Å². The van der Waals surface area contributed by atoms with Crippen LogP contribution in [-0.4, -0.2) is 75.1 Å². The van der Waals surface area contributed by atoms with Crippen LogP contribution < -0.4 is 5.32 Å². The zero-order chi connectivity index (χ0) is 11.8. The number of ether oxygens (including phenoxy) is 2. The number of aliphatic hydroxyl groups is 1. The maximum Gasteiger partial charge on any atom is 0.234 e. The average molecular weight is 232 g/mol. The summed E-state index contributed by atoms with van der Waals surface area (Å²) in [4.78, 5) is 13.5. The number of carbonyl (C=O) groups excluding carboxylic acids is 1. The van der Waals surface area contributed by atoms with Crippen LogP contribution in [0.15, 0.2) is 0 Å². The first-order chi connectivity index (χ1) is 7.77.